The molecule has 4 aromatic rings. The topological polar surface area (TPSA) is 85.9 Å². The standard InChI is InChI=1S/C34H40BN3O5/c1-19-13-27(38(17-19)31(39)41-32(2,3)4)30-36-26-12-9-20-15-25-23-11-10-22(35-42-33(5,6)34(7,8)43-35)14-21(23)18-40-28(25)16-24(20)29(26)37-30/h9-12,14-16,19,27H,13,17-18H2,1-8H3,(H,36,37)/t19-,27?/m0/s1. The lowest BCUT2D eigenvalue weighted by atomic mass is 9.77. The van der Waals surface area contributed by atoms with Crippen molar-refractivity contribution in [2.75, 3.05) is 6.54 Å². The van der Waals surface area contributed by atoms with Crippen LogP contribution in [0.2, 0.25) is 0 Å². The van der Waals surface area contributed by atoms with Gasteiger partial charge < -0.3 is 23.8 Å². The number of aromatic nitrogens is 2. The van der Waals surface area contributed by atoms with Crippen molar-refractivity contribution >= 4 is 40.5 Å². The molecule has 0 radical (unpaired) electrons. The molecule has 1 aromatic heterocycles. The Morgan fingerprint density at radius 1 is 1.05 bits per heavy atom. The highest BCUT2D eigenvalue weighted by molar-refractivity contribution is 6.62. The van der Waals surface area contributed by atoms with E-state index in [2.05, 4.69) is 82.1 Å². The molecule has 3 aromatic carbocycles. The molecule has 1 amide bonds. The number of hydrogen-bond donors (Lipinski definition) is 1. The Morgan fingerprint density at radius 3 is 2.51 bits per heavy atom. The molecule has 4 heterocycles. The van der Waals surface area contributed by atoms with Gasteiger partial charge in [-0.1, -0.05) is 31.2 Å². The van der Waals surface area contributed by atoms with Crippen molar-refractivity contribution in [2.45, 2.75) is 91.3 Å². The van der Waals surface area contributed by atoms with Gasteiger partial charge in [0.2, 0.25) is 0 Å². The van der Waals surface area contributed by atoms with Gasteiger partial charge in [-0.05, 0) is 101 Å². The number of benzene rings is 3. The smallest absolute Gasteiger partial charge is 0.488 e. The van der Waals surface area contributed by atoms with E-state index < -0.39 is 23.9 Å². The first-order valence-electron chi connectivity index (χ1n) is 15.3. The Balaban J connectivity index is 1.22. The van der Waals surface area contributed by atoms with Crippen LogP contribution in [0.4, 0.5) is 4.79 Å². The van der Waals surface area contributed by atoms with Crippen LogP contribution in [-0.2, 0) is 20.7 Å². The number of hydrogen-bond acceptors (Lipinski definition) is 6. The van der Waals surface area contributed by atoms with Crippen molar-refractivity contribution in [3.63, 3.8) is 0 Å². The van der Waals surface area contributed by atoms with Crippen molar-refractivity contribution in [2.24, 2.45) is 5.92 Å². The largest absolute Gasteiger partial charge is 0.494 e. The average molecular weight is 582 g/mol. The van der Waals surface area contributed by atoms with E-state index in [1.165, 1.54) is 0 Å². The summed E-state index contributed by atoms with van der Waals surface area (Å²) >= 11 is 0. The number of nitrogens with one attached hydrogen (secondary N) is 1. The molecule has 1 N–H and O–H groups in total. The van der Waals surface area contributed by atoms with Gasteiger partial charge in [0.15, 0.2) is 0 Å². The van der Waals surface area contributed by atoms with E-state index in [9.17, 15) is 4.79 Å². The van der Waals surface area contributed by atoms with Gasteiger partial charge in [0.1, 0.15) is 23.8 Å². The lowest BCUT2D eigenvalue weighted by molar-refractivity contribution is 0.00578. The Hall–Kier alpha value is -3.56. The van der Waals surface area contributed by atoms with E-state index in [0.29, 0.717) is 19.1 Å². The predicted molar refractivity (Wildman–Crippen MR) is 169 cm³/mol. The number of amides is 1. The zero-order chi connectivity index (χ0) is 30.5. The number of H-pyrrole nitrogens is 1. The van der Waals surface area contributed by atoms with Gasteiger partial charge in [-0.3, -0.25) is 4.90 Å². The molecule has 7 rings (SSSR count). The van der Waals surface area contributed by atoms with Gasteiger partial charge in [0, 0.05) is 17.5 Å². The number of carbonyl (C=O) groups is 1. The van der Waals surface area contributed by atoms with Crippen LogP contribution in [0.1, 0.15) is 79.2 Å². The molecular formula is C34H40BN3O5. The maximum Gasteiger partial charge on any atom is 0.494 e. The van der Waals surface area contributed by atoms with Crippen LogP contribution in [0.15, 0.2) is 42.5 Å². The number of imidazole rings is 1. The van der Waals surface area contributed by atoms with Gasteiger partial charge in [-0.25, -0.2) is 9.78 Å². The highest BCUT2D eigenvalue weighted by Crippen LogP contribution is 2.43. The molecule has 3 aliphatic heterocycles. The third kappa shape index (κ3) is 4.77. The molecule has 1 unspecified atom stereocenters. The maximum atomic E-state index is 13.1. The zero-order valence-corrected chi connectivity index (χ0v) is 26.3. The van der Waals surface area contributed by atoms with Gasteiger partial charge in [0.05, 0.1) is 28.3 Å². The van der Waals surface area contributed by atoms with Gasteiger partial charge in [-0.2, -0.15) is 0 Å². The number of rotatable bonds is 2. The Bertz CT molecular complexity index is 1760. The lowest BCUT2D eigenvalue weighted by Crippen LogP contribution is -2.41. The Kier molecular flexibility index (Phi) is 6.22. The third-order valence-electron chi connectivity index (χ3n) is 9.37. The van der Waals surface area contributed by atoms with Crippen LogP contribution in [-0.4, -0.2) is 51.4 Å². The van der Waals surface area contributed by atoms with Gasteiger partial charge >= 0.3 is 13.2 Å². The average Bonchev–Trinajstić information content (AvgIpc) is 3.59. The number of fused-ring (bicyclic) bond motifs is 6. The molecule has 2 saturated heterocycles. The summed E-state index contributed by atoms with van der Waals surface area (Å²) < 4.78 is 24.6. The van der Waals surface area contributed by atoms with E-state index in [1.54, 1.807) is 0 Å². The normalized spacial score (nSPS) is 22.5. The van der Waals surface area contributed by atoms with Crippen LogP contribution in [0.3, 0.4) is 0 Å². The molecule has 2 fully saturated rings. The number of aromatic amines is 1. The summed E-state index contributed by atoms with van der Waals surface area (Å²) in [5, 5.41) is 2.10. The number of likely N-dealkylation sites (tertiary alicyclic amines) is 1. The Labute approximate surface area is 253 Å². The second-order valence-corrected chi connectivity index (χ2v) is 14.4. The van der Waals surface area contributed by atoms with Crippen LogP contribution < -0.4 is 10.2 Å². The van der Waals surface area contributed by atoms with E-state index >= 15 is 0 Å². The molecule has 8 nitrogen and oxygen atoms in total. The van der Waals surface area contributed by atoms with Crippen molar-refractivity contribution in [3.8, 4) is 16.9 Å². The van der Waals surface area contributed by atoms with Gasteiger partial charge in [-0.15, -0.1) is 0 Å². The highest BCUT2D eigenvalue weighted by Gasteiger charge is 2.51. The van der Waals surface area contributed by atoms with Crippen LogP contribution in [0.25, 0.3) is 32.9 Å². The number of nitrogens with zero attached hydrogens (tertiary/aromatic N) is 2. The summed E-state index contributed by atoms with van der Waals surface area (Å²) in [5.74, 6) is 1.98. The molecule has 0 aliphatic carbocycles. The molecule has 0 saturated carbocycles. The van der Waals surface area contributed by atoms with E-state index in [0.717, 1.165) is 62.0 Å². The first-order chi connectivity index (χ1) is 20.2. The van der Waals surface area contributed by atoms with E-state index in [1.807, 2.05) is 25.7 Å². The van der Waals surface area contributed by atoms with Crippen molar-refractivity contribution in [1.82, 2.24) is 14.9 Å². The maximum absolute atomic E-state index is 13.1. The fourth-order valence-corrected chi connectivity index (χ4v) is 6.44. The molecule has 9 heteroatoms. The minimum Gasteiger partial charge on any atom is -0.488 e. The molecular weight excluding hydrogens is 541 g/mol. The SMILES string of the molecule is C[C@H]1CC(c2nc3c(ccc4cc5c(cc43)OCc3cc(B4OC(C)(C)C(C)(C)O4)ccc3-5)[nH]2)N(C(=O)OC(C)(C)C)C1. The summed E-state index contributed by atoms with van der Waals surface area (Å²) in [5.41, 5.74) is 4.80. The molecule has 2 atom stereocenters. The summed E-state index contributed by atoms with van der Waals surface area (Å²) in [4.78, 5) is 23.5. The van der Waals surface area contributed by atoms with Gasteiger partial charge in [0.25, 0.3) is 0 Å². The highest BCUT2D eigenvalue weighted by atomic mass is 16.7. The van der Waals surface area contributed by atoms with Crippen molar-refractivity contribution in [1.29, 1.82) is 0 Å². The monoisotopic (exact) mass is 581 g/mol. The first-order valence-corrected chi connectivity index (χ1v) is 15.3. The molecule has 0 bridgehead atoms. The summed E-state index contributed by atoms with van der Waals surface area (Å²) in [6.45, 7) is 17.2. The minimum atomic E-state index is -0.553. The Morgan fingerprint density at radius 2 is 1.79 bits per heavy atom. The molecule has 3 aliphatic rings. The summed E-state index contributed by atoms with van der Waals surface area (Å²) in [6.07, 6.45) is 0.537. The molecule has 224 valence electrons. The predicted octanol–water partition coefficient (Wildman–Crippen LogP) is 6.89. The van der Waals surface area contributed by atoms with Crippen LogP contribution in [0, 0.1) is 5.92 Å². The number of carbonyl (C=O) groups excluding carboxylic acids is 1. The lowest BCUT2D eigenvalue weighted by Gasteiger charge is -2.32. The van der Waals surface area contributed by atoms with Crippen LogP contribution in [0.5, 0.6) is 5.75 Å². The summed E-state index contributed by atoms with van der Waals surface area (Å²) in [7, 11) is -0.412. The fourth-order valence-electron chi connectivity index (χ4n) is 6.44. The van der Waals surface area contributed by atoms with Crippen molar-refractivity contribution < 1.29 is 23.6 Å². The van der Waals surface area contributed by atoms with E-state index in [4.69, 9.17) is 23.8 Å². The second-order valence-electron chi connectivity index (χ2n) is 14.4. The van der Waals surface area contributed by atoms with E-state index in [-0.39, 0.29) is 12.1 Å². The quantitative estimate of drug-likeness (QED) is 0.260. The second kappa shape index (κ2) is 9.47. The molecule has 0 spiro atoms. The third-order valence-corrected chi connectivity index (χ3v) is 9.37. The van der Waals surface area contributed by atoms with Crippen molar-refractivity contribution in [3.05, 3.63) is 53.9 Å². The summed E-state index contributed by atoms with van der Waals surface area (Å²) in [6, 6.07) is 14.7. The molecule has 43 heavy (non-hydrogen) atoms. The zero-order valence-electron chi connectivity index (χ0n) is 26.3. The number of ether oxygens (including phenoxy) is 2. The van der Waals surface area contributed by atoms with Crippen LogP contribution >= 0.6 is 0 Å². The first kappa shape index (κ1) is 28.2. The fraction of sp³-hybridized carbons (Fsp3) is 0.471. The minimum absolute atomic E-state index is 0.161.